The summed E-state index contributed by atoms with van der Waals surface area (Å²) in [4.78, 5) is 10.6. The summed E-state index contributed by atoms with van der Waals surface area (Å²) in [5.41, 5.74) is 0.151. The lowest BCUT2D eigenvalue weighted by atomic mass is 10.1. The van der Waals surface area contributed by atoms with Gasteiger partial charge in [-0.3, -0.25) is 4.79 Å². The molecule has 0 radical (unpaired) electrons. The molecule has 0 spiro atoms. The zero-order chi connectivity index (χ0) is 12.3. The average Bonchev–Trinajstić information content (AvgIpc) is 2.17. The highest BCUT2D eigenvalue weighted by Gasteiger charge is 2.40. The molecule has 0 saturated heterocycles. The lowest BCUT2D eigenvalue weighted by Gasteiger charge is -2.14. The average molecular weight is 255 g/mol. The van der Waals surface area contributed by atoms with Crippen LogP contribution in [0.1, 0.15) is 15.9 Å². The number of hydrogen-bond acceptors (Lipinski definition) is 1. The first-order valence-corrected chi connectivity index (χ1v) is 4.65. The molecule has 0 heterocycles. The van der Waals surface area contributed by atoms with Crippen molar-refractivity contribution < 1.29 is 22.4 Å². The second-order valence-corrected chi connectivity index (χ2v) is 3.55. The van der Waals surface area contributed by atoms with Crippen LogP contribution >= 0.6 is 11.6 Å². The fourth-order valence-electron chi connectivity index (χ4n) is 1.10. The first-order chi connectivity index (χ1) is 7.33. The largest absolute Gasteiger partial charge is 0.311 e. The van der Waals surface area contributed by atoms with Crippen LogP contribution in [0.25, 0.3) is 0 Å². The number of hydrogen-bond donors (Lipinski definition) is 0. The van der Waals surface area contributed by atoms with Gasteiger partial charge in [0.2, 0.25) is 0 Å². The minimum absolute atomic E-state index is 0.0203. The van der Waals surface area contributed by atoms with Gasteiger partial charge in [-0.25, -0.2) is 8.78 Å². The monoisotopic (exact) mass is 254 g/mol. The molecule has 0 aliphatic heterocycles. The summed E-state index contributed by atoms with van der Waals surface area (Å²) in [6, 6.07) is 4.77. The van der Waals surface area contributed by atoms with E-state index >= 15 is 0 Å². The van der Waals surface area contributed by atoms with Crippen molar-refractivity contribution >= 4 is 16.8 Å². The van der Waals surface area contributed by atoms with Crippen molar-refractivity contribution in [2.45, 2.75) is 18.8 Å². The van der Waals surface area contributed by atoms with Crippen molar-refractivity contribution in [3.05, 3.63) is 35.4 Å². The highest BCUT2D eigenvalue weighted by molar-refractivity contribution is 6.67. The van der Waals surface area contributed by atoms with E-state index in [9.17, 15) is 22.4 Å². The first kappa shape index (κ1) is 13.0. The highest BCUT2D eigenvalue weighted by Crippen LogP contribution is 2.27. The van der Waals surface area contributed by atoms with Crippen LogP contribution in [-0.2, 0) is 6.42 Å². The Hall–Kier alpha value is -1.10. The van der Waals surface area contributed by atoms with Crippen LogP contribution < -0.4 is 0 Å². The quantitative estimate of drug-likeness (QED) is 0.594. The zero-order valence-corrected chi connectivity index (χ0v) is 8.65. The van der Waals surface area contributed by atoms with Crippen molar-refractivity contribution in [1.82, 2.24) is 0 Å². The number of halogens is 5. The van der Waals surface area contributed by atoms with E-state index < -0.39 is 24.0 Å². The second-order valence-electron chi connectivity index (χ2n) is 3.21. The van der Waals surface area contributed by atoms with Crippen molar-refractivity contribution in [2.75, 3.05) is 0 Å². The lowest BCUT2D eigenvalue weighted by molar-refractivity contribution is -0.127. The summed E-state index contributed by atoms with van der Waals surface area (Å²) in [5, 5.41) is -0.729. The molecule has 1 rings (SSSR count). The van der Waals surface area contributed by atoms with E-state index in [1.54, 1.807) is 0 Å². The third kappa shape index (κ3) is 3.20. The third-order valence-electron chi connectivity index (χ3n) is 1.94. The first-order valence-electron chi connectivity index (χ1n) is 4.27. The molecular formula is C10H7ClF4O. The Kier molecular flexibility index (Phi) is 3.91. The molecule has 88 valence electrons. The van der Waals surface area contributed by atoms with E-state index in [1.807, 2.05) is 0 Å². The summed E-state index contributed by atoms with van der Waals surface area (Å²) >= 11 is 5.13. The number of rotatable bonds is 4. The topological polar surface area (TPSA) is 17.1 Å². The van der Waals surface area contributed by atoms with Gasteiger partial charge in [-0.05, 0) is 29.3 Å². The summed E-state index contributed by atoms with van der Waals surface area (Å²) in [6.07, 6.45) is -4.77. The molecule has 0 aliphatic rings. The van der Waals surface area contributed by atoms with E-state index in [4.69, 9.17) is 11.6 Å². The summed E-state index contributed by atoms with van der Waals surface area (Å²) in [5.74, 6) is -4.06. The predicted molar refractivity (Wildman–Crippen MR) is 51.3 cm³/mol. The van der Waals surface area contributed by atoms with Crippen LogP contribution in [0.2, 0.25) is 0 Å². The van der Waals surface area contributed by atoms with Crippen molar-refractivity contribution in [2.24, 2.45) is 0 Å². The Labute approximate surface area is 94.0 Å². The number of carbonyl (C=O) groups excluding carboxylic acids is 1. The van der Waals surface area contributed by atoms with Crippen LogP contribution in [-0.4, -0.2) is 17.6 Å². The minimum atomic E-state index is -4.06. The molecule has 6 heteroatoms. The zero-order valence-electron chi connectivity index (χ0n) is 7.89. The molecule has 0 unspecified atom stereocenters. The molecule has 0 N–H and O–H groups in total. The molecule has 0 saturated carbocycles. The van der Waals surface area contributed by atoms with E-state index in [0.717, 1.165) is 0 Å². The Morgan fingerprint density at radius 3 is 2.12 bits per heavy atom. The fraction of sp³-hybridized carbons (Fsp3) is 0.300. The van der Waals surface area contributed by atoms with Gasteiger partial charge in [0, 0.05) is 12.0 Å². The van der Waals surface area contributed by atoms with Crippen LogP contribution in [0.3, 0.4) is 0 Å². The minimum Gasteiger partial charge on any atom is -0.276 e. The van der Waals surface area contributed by atoms with Crippen molar-refractivity contribution in [3.8, 4) is 0 Å². The van der Waals surface area contributed by atoms with Crippen LogP contribution in [0.5, 0.6) is 0 Å². The van der Waals surface area contributed by atoms with Crippen molar-refractivity contribution in [1.29, 1.82) is 0 Å². The molecule has 0 aromatic heterocycles. The van der Waals surface area contributed by atoms with E-state index in [-0.39, 0.29) is 11.1 Å². The summed E-state index contributed by atoms with van der Waals surface area (Å²) in [7, 11) is 0. The van der Waals surface area contributed by atoms with Gasteiger partial charge in [0.15, 0.2) is 0 Å². The maximum absolute atomic E-state index is 12.6. The van der Waals surface area contributed by atoms with Crippen LogP contribution in [0.4, 0.5) is 17.6 Å². The fourth-order valence-corrected chi connectivity index (χ4v) is 1.23. The van der Waals surface area contributed by atoms with Gasteiger partial charge in [0.1, 0.15) is 0 Å². The standard InChI is InChI=1S/C10H7ClF4O/c11-8(16)7-3-1-6(2-4-7)5-10(14,15)9(12)13/h1-4,9H,5H2. The smallest absolute Gasteiger partial charge is 0.276 e. The lowest BCUT2D eigenvalue weighted by Crippen LogP contribution is -2.29. The van der Waals surface area contributed by atoms with Gasteiger partial charge in [0.05, 0.1) is 0 Å². The normalized spacial score (nSPS) is 11.9. The van der Waals surface area contributed by atoms with Crippen LogP contribution in [0, 0.1) is 0 Å². The Bertz CT molecular complexity index is 375. The van der Waals surface area contributed by atoms with Gasteiger partial charge in [0.25, 0.3) is 5.24 Å². The van der Waals surface area contributed by atoms with Gasteiger partial charge < -0.3 is 0 Å². The molecule has 1 nitrogen and oxygen atoms in total. The molecule has 16 heavy (non-hydrogen) atoms. The Morgan fingerprint density at radius 1 is 1.25 bits per heavy atom. The van der Waals surface area contributed by atoms with Crippen LogP contribution in [0.15, 0.2) is 24.3 Å². The second kappa shape index (κ2) is 4.82. The SMILES string of the molecule is O=C(Cl)c1ccc(CC(F)(F)C(F)F)cc1. The maximum atomic E-state index is 12.6. The Balaban J connectivity index is 2.80. The molecule has 0 bridgehead atoms. The maximum Gasteiger partial charge on any atom is 0.311 e. The molecule has 0 atom stereocenters. The number of benzene rings is 1. The van der Waals surface area contributed by atoms with Crippen molar-refractivity contribution in [3.63, 3.8) is 0 Å². The Morgan fingerprint density at radius 2 is 1.75 bits per heavy atom. The third-order valence-corrected chi connectivity index (χ3v) is 2.16. The van der Waals surface area contributed by atoms with Gasteiger partial charge in [-0.2, -0.15) is 8.78 Å². The van der Waals surface area contributed by atoms with E-state index in [0.29, 0.717) is 0 Å². The predicted octanol–water partition coefficient (Wildman–Crippen LogP) is 3.51. The van der Waals surface area contributed by atoms with Gasteiger partial charge in [-0.1, -0.05) is 12.1 Å². The molecule has 1 aromatic rings. The van der Waals surface area contributed by atoms with E-state index in [1.165, 1.54) is 24.3 Å². The number of carbonyl (C=O) groups is 1. The molecular weight excluding hydrogens is 248 g/mol. The molecule has 0 fully saturated rings. The summed E-state index contributed by atoms with van der Waals surface area (Å²) in [6.45, 7) is 0. The molecule has 1 aromatic carbocycles. The summed E-state index contributed by atoms with van der Waals surface area (Å²) < 4.78 is 49.1. The number of alkyl halides is 4. The van der Waals surface area contributed by atoms with Gasteiger partial charge >= 0.3 is 12.3 Å². The molecule has 0 amide bonds. The van der Waals surface area contributed by atoms with E-state index in [2.05, 4.69) is 0 Å². The van der Waals surface area contributed by atoms with Gasteiger partial charge in [-0.15, -0.1) is 0 Å². The molecule has 0 aliphatic carbocycles. The highest BCUT2D eigenvalue weighted by atomic mass is 35.5.